The highest BCUT2D eigenvalue weighted by molar-refractivity contribution is 5.63. The monoisotopic (exact) mass is 273 g/mol. The molecule has 0 heterocycles. The van der Waals surface area contributed by atoms with Crippen LogP contribution in [0.3, 0.4) is 0 Å². The van der Waals surface area contributed by atoms with Crippen LogP contribution in [-0.4, -0.2) is 6.21 Å². The average Bonchev–Trinajstić information content (AvgIpc) is 2.47. The van der Waals surface area contributed by atoms with E-state index in [0.29, 0.717) is 0 Å². The summed E-state index contributed by atoms with van der Waals surface area (Å²) >= 11 is 0. The Morgan fingerprint density at radius 2 is 1.35 bits per heavy atom. The summed E-state index contributed by atoms with van der Waals surface area (Å²) in [5, 5.41) is 0. The Morgan fingerprint density at radius 1 is 0.800 bits per heavy atom. The van der Waals surface area contributed by atoms with Gasteiger partial charge in [0.05, 0.1) is 5.69 Å². The standard InChI is InChI=1S/C19H31N/c1-3-4-5-6-7-8-9-10-11-12-17-20-19-15-13-18(2)14-16-19/h13-17H,3-12H2,1-2H3. The third-order valence-corrected chi connectivity index (χ3v) is 3.71. The number of hydrogen-bond acceptors (Lipinski definition) is 1. The summed E-state index contributed by atoms with van der Waals surface area (Å²) < 4.78 is 0. The van der Waals surface area contributed by atoms with Gasteiger partial charge in [-0.2, -0.15) is 0 Å². The van der Waals surface area contributed by atoms with E-state index < -0.39 is 0 Å². The van der Waals surface area contributed by atoms with Gasteiger partial charge in [0.2, 0.25) is 0 Å². The predicted molar refractivity (Wildman–Crippen MR) is 91.2 cm³/mol. The second-order valence-electron chi connectivity index (χ2n) is 5.76. The highest BCUT2D eigenvalue weighted by Crippen LogP contribution is 2.13. The quantitative estimate of drug-likeness (QED) is 0.317. The molecule has 0 aliphatic carbocycles. The summed E-state index contributed by atoms with van der Waals surface area (Å²) in [6.45, 7) is 4.38. The molecular weight excluding hydrogens is 242 g/mol. The number of benzene rings is 1. The Kier molecular flexibility index (Phi) is 9.91. The average molecular weight is 273 g/mol. The lowest BCUT2D eigenvalue weighted by Gasteiger charge is -2.00. The van der Waals surface area contributed by atoms with Gasteiger partial charge in [-0.25, -0.2) is 0 Å². The minimum atomic E-state index is 1.08. The molecule has 0 aliphatic heterocycles. The molecule has 20 heavy (non-hydrogen) atoms. The largest absolute Gasteiger partial charge is 0.261 e. The van der Waals surface area contributed by atoms with Crippen molar-refractivity contribution in [2.24, 2.45) is 4.99 Å². The molecule has 0 fully saturated rings. The fourth-order valence-corrected chi connectivity index (χ4v) is 2.35. The number of nitrogens with zero attached hydrogens (tertiary/aromatic N) is 1. The molecule has 0 aliphatic rings. The van der Waals surface area contributed by atoms with Crippen molar-refractivity contribution in [3.05, 3.63) is 29.8 Å². The summed E-state index contributed by atoms with van der Waals surface area (Å²) in [6, 6.07) is 8.40. The van der Waals surface area contributed by atoms with Crippen molar-refractivity contribution < 1.29 is 0 Å². The number of unbranched alkanes of at least 4 members (excludes halogenated alkanes) is 9. The van der Waals surface area contributed by atoms with Gasteiger partial charge < -0.3 is 0 Å². The first kappa shape index (κ1) is 16.9. The molecule has 112 valence electrons. The Balaban J connectivity index is 1.93. The molecule has 0 atom stereocenters. The lowest BCUT2D eigenvalue weighted by Crippen LogP contribution is -1.82. The third kappa shape index (κ3) is 8.90. The van der Waals surface area contributed by atoms with E-state index in [2.05, 4.69) is 49.3 Å². The van der Waals surface area contributed by atoms with E-state index in [0.717, 1.165) is 12.1 Å². The molecule has 1 rings (SSSR count). The molecule has 0 unspecified atom stereocenters. The van der Waals surface area contributed by atoms with Gasteiger partial charge in [0.1, 0.15) is 0 Å². The predicted octanol–water partition coefficient (Wildman–Crippen LogP) is 6.62. The van der Waals surface area contributed by atoms with Gasteiger partial charge in [0, 0.05) is 6.21 Å². The van der Waals surface area contributed by atoms with Crippen molar-refractivity contribution in [3.8, 4) is 0 Å². The van der Waals surface area contributed by atoms with E-state index in [-0.39, 0.29) is 0 Å². The lowest BCUT2D eigenvalue weighted by atomic mass is 10.1. The van der Waals surface area contributed by atoms with E-state index in [4.69, 9.17) is 0 Å². The molecule has 0 saturated carbocycles. The topological polar surface area (TPSA) is 12.4 Å². The number of rotatable bonds is 11. The Bertz CT molecular complexity index is 351. The van der Waals surface area contributed by atoms with Crippen LogP contribution >= 0.6 is 0 Å². The van der Waals surface area contributed by atoms with Gasteiger partial charge in [-0.05, 0) is 31.9 Å². The normalized spacial score (nSPS) is 11.3. The van der Waals surface area contributed by atoms with Crippen molar-refractivity contribution in [1.82, 2.24) is 0 Å². The van der Waals surface area contributed by atoms with Gasteiger partial charge in [0.15, 0.2) is 0 Å². The molecular formula is C19H31N. The minimum absolute atomic E-state index is 1.08. The maximum absolute atomic E-state index is 4.49. The van der Waals surface area contributed by atoms with Gasteiger partial charge in [0.25, 0.3) is 0 Å². The molecule has 1 aromatic rings. The fourth-order valence-electron chi connectivity index (χ4n) is 2.35. The van der Waals surface area contributed by atoms with Crippen LogP contribution in [0.2, 0.25) is 0 Å². The lowest BCUT2D eigenvalue weighted by molar-refractivity contribution is 0.569. The van der Waals surface area contributed by atoms with Crippen LogP contribution in [0.15, 0.2) is 29.3 Å². The van der Waals surface area contributed by atoms with E-state index in [1.165, 1.54) is 63.4 Å². The zero-order valence-corrected chi connectivity index (χ0v) is 13.4. The smallest absolute Gasteiger partial charge is 0.0625 e. The molecule has 1 nitrogen and oxygen atoms in total. The summed E-state index contributed by atoms with van der Waals surface area (Å²) in [7, 11) is 0. The van der Waals surface area contributed by atoms with Crippen molar-refractivity contribution >= 4 is 11.9 Å². The van der Waals surface area contributed by atoms with Crippen LogP contribution in [0.25, 0.3) is 0 Å². The summed E-state index contributed by atoms with van der Waals surface area (Å²) in [5.74, 6) is 0. The van der Waals surface area contributed by atoms with Crippen LogP contribution in [0.4, 0.5) is 5.69 Å². The Morgan fingerprint density at radius 3 is 1.95 bits per heavy atom. The molecule has 0 spiro atoms. The highest BCUT2D eigenvalue weighted by Gasteiger charge is 1.92. The van der Waals surface area contributed by atoms with E-state index >= 15 is 0 Å². The van der Waals surface area contributed by atoms with Gasteiger partial charge in [-0.1, -0.05) is 76.0 Å². The molecule has 0 amide bonds. The maximum atomic E-state index is 4.49. The van der Waals surface area contributed by atoms with Crippen molar-refractivity contribution in [2.75, 3.05) is 0 Å². The third-order valence-electron chi connectivity index (χ3n) is 3.71. The van der Waals surface area contributed by atoms with Crippen molar-refractivity contribution in [1.29, 1.82) is 0 Å². The second-order valence-corrected chi connectivity index (χ2v) is 5.76. The SMILES string of the molecule is CCCCCCCCCCCC=Nc1ccc(C)cc1. The number of hydrogen-bond donors (Lipinski definition) is 0. The van der Waals surface area contributed by atoms with Gasteiger partial charge in [-0.3, -0.25) is 4.99 Å². The molecule has 0 aromatic heterocycles. The van der Waals surface area contributed by atoms with Crippen LogP contribution in [0.5, 0.6) is 0 Å². The Labute approximate surface area is 125 Å². The summed E-state index contributed by atoms with van der Waals surface area (Å²) in [5.41, 5.74) is 2.37. The van der Waals surface area contributed by atoms with Crippen LogP contribution in [0.1, 0.15) is 76.7 Å². The first-order chi connectivity index (χ1) is 9.83. The fraction of sp³-hybridized carbons (Fsp3) is 0.632. The van der Waals surface area contributed by atoms with Crippen LogP contribution < -0.4 is 0 Å². The molecule has 1 aromatic carbocycles. The van der Waals surface area contributed by atoms with Crippen LogP contribution in [-0.2, 0) is 0 Å². The molecule has 0 radical (unpaired) electrons. The van der Waals surface area contributed by atoms with E-state index in [9.17, 15) is 0 Å². The first-order valence-corrected chi connectivity index (χ1v) is 8.42. The van der Waals surface area contributed by atoms with E-state index in [1.54, 1.807) is 0 Å². The Hall–Kier alpha value is -1.11. The van der Waals surface area contributed by atoms with Crippen molar-refractivity contribution in [3.63, 3.8) is 0 Å². The highest BCUT2D eigenvalue weighted by atomic mass is 14.7. The molecule has 0 bridgehead atoms. The van der Waals surface area contributed by atoms with Crippen LogP contribution in [0, 0.1) is 6.92 Å². The minimum Gasteiger partial charge on any atom is -0.261 e. The molecule has 0 N–H and O–H groups in total. The number of aliphatic imine (C=N–C) groups is 1. The summed E-state index contributed by atoms with van der Waals surface area (Å²) in [6.07, 6.45) is 15.7. The molecule has 1 heteroatoms. The summed E-state index contributed by atoms with van der Waals surface area (Å²) in [4.78, 5) is 4.49. The molecule has 0 saturated heterocycles. The first-order valence-electron chi connectivity index (χ1n) is 8.42. The second kappa shape index (κ2) is 11.7. The van der Waals surface area contributed by atoms with E-state index in [1.807, 2.05) is 0 Å². The number of aryl methyl sites for hydroxylation is 1. The zero-order valence-electron chi connectivity index (χ0n) is 13.4. The zero-order chi connectivity index (χ0) is 14.5. The maximum Gasteiger partial charge on any atom is 0.0625 e. The van der Waals surface area contributed by atoms with Gasteiger partial charge in [-0.15, -0.1) is 0 Å². The van der Waals surface area contributed by atoms with Gasteiger partial charge >= 0.3 is 0 Å². The van der Waals surface area contributed by atoms with Crippen molar-refractivity contribution in [2.45, 2.75) is 78.1 Å².